The summed E-state index contributed by atoms with van der Waals surface area (Å²) in [5, 5.41) is 8.93. The molecule has 1 aromatic carbocycles. The van der Waals surface area contributed by atoms with Crippen LogP contribution in [0.2, 0.25) is 0 Å². The number of halogens is 3. The van der Waals surface area contributed by atoms with Crippen LogP contribution >= 0.6 is 0 Å². The molecule has 1 rings (SSSR count). The highest BCUT2D eigenvalue weighted by Gasteiger charge is 2.47. The van der Waals surface area contributed by atoms with E-state index in [9.17, 15) is 18.0 Å². The van der Waals surface area contributed by atoms with Crippen molar-refractivity contribution in [3.05, 3.63) is 29.6 Å². The molecular formula is C11H12F3NO3. The van der Waals surface area contributed by atoms with Gasteiger partial charge < -0.3 is 15.6 Å². The van der Waals surface area contributed by atoms with Crippen molar-refractivity contribution in [1.82, 2.24) is 0 Å². The Bertz CT molecular complexity index is 451. The molecule has 0 aliphatic carbocycles. The molecule has 18 heavy (non-hydrogen) atoms. The zero-order chi connectivity index (χ0) is 13.9. The van der Waals surface area contributed by atoms with Gasteiger partial charge in [0.2, 0.25) is 0 Å². The molecule has 0 spiro atoms. The van der Waals surface area contributed by atoms with Crippen LogP contribution in [0.5, 0.6) is 5.75 Å². The van der Waals surface area contributed by atoms with Crippen molar-refractivity contribution in [3.63, 3.8) is 0 Å². The third kappa shape index (κ3) is 2.73. The lowest BCUT2D eigenvalue weighted by molar-refractivity contribution is -0.174. The molecule has 0 unspecified atom stereocenters. The number of hydrogen-bond acceptors (Lipinski definition) is 4. The molecule has 0 saturated carbocycles. The van der Waals surface area contributed by atoms with Crippen LogP contribution in [0, 0.1) is 5.82 Å². The molecule has 1 aromatic rings. The van der Waals surface area contributed by atoms with Gasteiger partial charge in [0.15, 0.2) is 11.6 Å². The Labute approximate surface area is 101 Å². The Morgan fingerprint density at radius 3 is 2.67 bits per heavy atom. The van der Waals surface area contributed by atoms with Crippen molar-refractivity contribution >= 4 is 5.97 Å². The summed E-state index contributed by atoms with van der Waals surface area (Å²) in [7, 11) is 0. The molecule has 3 N–H and O–H groups in total. The fourth-order valence-electron chi connectivity index (χ4n) is 1.28. The van der Waals surface area contributed by atoms with E-state index in [0.29, 0.717) is 6.07 Å². The first-order valence-electron chi connectivity index (χ1n) is 5.09. The zero-order valence-electron chi connectivity index (χ0n) is 9.49. The number of rotatable bonds is 4. The van der Waals surface area contributed by atoms with Gasteiger partial charge in [0.25, 0.3) is 0 Å². The summed E-state index contributed by atoms with van der Waals surface area (Å²) in [6.45, 7) is 1.16. The quantitative estimate of drug-likeness (QED) is 0.811. The topological polar surface area (TPSA) is 72.5 Å². The first-order valence-corrected chi connectivity index (χ1v) is 5.09. The van der Waals surface area contributed by atoms with Crippen LogP contribution in [0.15, 0.2) is 18.2 Å². The van der Waals surface area contributed by atoms with Crippen molar-refractivity contribution < 1.29 is 27.8 Å². The number of carbonyl (C=O) groups excluding carboxylic acids is 1. The molecule has 0 bridgehead atoms. The molecule has 0 amide bonds. The highest BCUT2D eigenvalue weighted by atomic mass is 19.3. The summed E-state index contributed by atoms with van der Waals surface area (Å²) in [6.07, 6.45) is 0. The largest absolute Gasteiger partial charge is 0.505 e. The Kier molecular flexibility index (Phi) is 4.18. The number of benzene rings is 1. The number of alkyl halides is 2. The van der Waals surface area contributed by atoms with Gasteiger partial charge in [-0.1, -0.05) is 6.07 Å². The van der Waals surface area contributed by atoms with E-state index in [1.807, 2.05) is 0 Å². The lowest BCUT2D eigenvalue weighted by Crippen LogP contribution is -2.41. The SMILES string of the molecule is CCOC(=O)C(F)(F)[C@@H](N)c1ccc(O)c(F)c1. The summed E-state index contributed by atoms with van der Waals surface area (Å²) >= 11 is 0. The molecule has 7 heteroatoms. The predicted octanol–water partition coefficient (Wildman–Crippen LogP) is 1.73. The minimum atomic E-state index is -3.97. The molecule has 4 nitrogen and oxygen atoms in total. The van der Waals surface area contributed by atoms with Crippen LogP contribution in [-0.4, -0.2) is 23.6 Å². The van der Waals surface area contributed by atoms with Gasteiger partial charge in [-0.05, 0) is 24.6 Å². The van der Waals surface area contributed by atoms with E-state index in [4.69, 9.17) is 10.8 Å². The molecule has 1 atom stereocenters. The van der Waals surface area contributed by atoms with Gasteiger partial charge in [-0.25, -0.2) is 9.18 Å². The average molecular weight is 263 g/mol. The van der Waals surface area contributed by atoms with Crippen molar-refractivity contribution in [1.29, 1.82) is 0 Å². The maximum atomic E-state index is 13.5. The van der Waals surface area contributed by atoms with E-state index in [2.05, 4.69) is 4.74 Å². The third-order valence-corrected chi connectivity index (χ3v) is 2.27. The molecule has 0 aliphatic rings. The average Bonchev–Trinajstić information content (AvgIpc) is 2.32. The Hall–Kier alpha value is -1.76. The fraction of sp³-hybridized carbons (Fsp3) is 0.364. The van der Waals surface area contributed by atoms with E-state index in [-0.39, 0.29) is 12.2 Å². The highest BCUT2D eigenvalue weighted by molar-refractivity contribution is 5.78. The number of nitrogens with two attached hydrogens (primary N) is 1. The molecular weight excluding hydrogens is 251 g/mol. The van der Waals surface area contributed by atoms with Gasteiger partial charge in [-0.15, -0.1) is 0 Å². The number of phenols is 1. The number of carbonyl (C=O) groups is 1. The summed E-state index contributed by atoms with van der Waals surface area (Å²) < 4.78 is 44.3. The number of phenolic OH excluding ortho intramolecular Hbond substituents is 1. The minimum absolute atomic E-state index is 0.217. The number of esters is 1. The first-order chi connectivity index (χ1) is 8.30. The monoisotopic (exact) mass is 263 g/mol. The normalized spacial score (nSPS) is 13.2. The van der Waals surface area contributed by atoms with Gasteiger partial charge in [-0.3, -0.25) is 0 Å². The lowest BCUT2D eigenvalue weighted by Gasteiger charge is -2.21. The predicted molar refractivity (Wildman–Crippen MR) is 56.6 cm³/mol. The molecule has 0 aromatic heterocycles. The van der Waals surface area contributed by atoms with Crippen molar-refractivity contribution in [2.75, 3.05) is 6.61 Å². The summed E-state index contributed by atoms with van der Waals surface area (Å²) in [4.78, 5) is 11.0. The number of ether oxygens (including phenoxy) is 1. The molecule has 0 radical (unpaired) electrons. The summed E-state index contributed by atoms with van der Waals surface area (Å²) in [5.41, 5.74) is 4.91. The minimum Gasteiger partial charge on any atom is -0.505 e. The second-order valence-electron chi connectivity index (χ2n) is 3.53. The van der Waals surface area contributed by atoms with Crippen LogP contribution in [0.3, 0.4) is 0 Å². The van der Waals surface area contributed by atoms with Crippen molar-refractivity contribution in [2.45, 2.75) is 18.9 Å². The highest BCUT2D eigenvalue weighted by Crippen LogP contribution is 2.32. The van der Waals surface area contributed by atoms with Gasteiger partial charge in [0, 0.05) is 0 Å². The van der Waals surface area contributed by atoms with Gasteiger partial charge in [0.1, 0.15) is 6.04 Å². The van der Waals surface area contributed by atoms with E-state index in [1.165, 1.54) is 6.92 Å². The smallest absolute Gasteiger partial charge is 0.379 e. The number of hydrogen-bond donors (Lipinski definition) is 2. The van der Waals surface area contributed by atoms with Crippen molar-refractivity contribution in [3.8, 4) is 5.75 Å². The van der Waals surface area contributed by atoms with Crippen LogP contribution in [-0.2, 0) is 9.53 Å². The summed E-state index contributed by atoms with van der Waals surface area (Å²) in [6, 6.07) is 0.487. The van der Waals surface area contributed by atoms with Crippen LogP contribution in [0.25, 0.3) is 0 Å². The molecule has 0 aliphatic heterocycles. The third-order valence-electron chi connectivity index (χ3n) is 2.27. The van der Waals surface area contributed by atoms with Gasteiger partial charge in [0.05, 0.1) is 6.61 Å². The second kappa shape index (κ2) is 5.26. The van der Waals surface area contributed by atoms with E-state index in [0.717, 1.165) is 12.1 Å². The maximum Gasteiger partial charge on any atom is 0.379 e. The van der Waals surface area contributed by atoms with Gasteiger partial charge >= 0.3 is 11.9 Å². The molecule has 0 heterocycles. The van der Waals surface area contributed by atoms with Crippen LogP contribution in [0.1, 0.15) is 18.5 Å². The van der Waals surface area contributed by atoms with Crippen molar-refractivity contribution in [2.24, 2.45) is 5.73 Å². The van der Waals surface area contributed by atoms with E-state index in [1.54, 1.807) is 0 Å². The molecule has 0 saturated heterocycles. The Morgan fingerprint density at radius 1 is 1.56 bits per heavy atom. The van der Waals surface area contributed by atoms with E-state index < -0.39 is 29.5 Å². The maximum absolute atomic E-state index is 13.5. The second-order valence-corrected chi connectivity index (χ2v) is 3.53. The Morgan fingerprint density at radius 2 is 2.17 bits per heavy atom. The zero-order valence-corrected chi connectivity index (χ0v) is 9.49. The summed E-state index contributed by atoms with van der Waals surface area (Å²) in [5.74, 6) is -7.53. The number of aromatic hydroxyl groups is 1. The standard InChI is InChI=1S/C11H12F3NO3/c1-2-18-10(17)11(13,14)9(15)6-3-4-8(16)7(12)5-6/h3-5,9,16H,2,15H2,1H3/t9-/m0/s1. The lowest BCUT2D eigenvalue weighted by atomic mass is 10.0. The van der Waals surface area contributed by atoms with Crippen LogP contribution in [0.4, 0.5) is 13.2 Å². The van der Waals surface area contributed by atoms with Gasteiger partial charge in [-0.2, -0.15) is 8.78 Å². The molecule has 0 fully saturated rings. The Balaban J connectivity index is 3.01. The van der Waals surface area contributed by atoms with Crippen LogP contribution < -0.4 is 5.73 Å². The molecule has 100 valence electrons. The first kappa shape index (κ1) is 14.3. The fourth-order valence-corrected chi connectivity index (χ4v) is 1.28. The van der Waals surface area contributed by atoms with E-state index >= 15 is 0 Å².